The van der Waals surface area contributed by atoms with Crippen molar-refractivity contribution in [2.24, 2.45) is 5.92 Å². The van der Waals surface area contributed by atoms with E-state index in [0.29, 0.717) is 13.1 Å². The lowest BCUT2D eigenvalue weighted by Gasteiger charge is -2.33. The van der Waals surface area contributed by atoms with E-state index in [4.69, 9.17) is 4.98 Å². The lowest BCUT2D eigenvalue weighted by Crippen LogP contribution is -2.43. The zero-order valence-electron chi connectivity index (χ0n) is 15.5. The second kappa shape index (κ2) is 6.71. The fraction of sp³-hybridized carbons (Fsp3) is 0.476. The molecule has 2 amide bonds. The Balaban J connectivity index is 1.63. The zero-order valence-corrected chi connectivity index (χ0v) is 15.5. The highest BCUT2D eigenvalue weighted by atomic mass is 16.2. The summed E-state index contributed by atoms with van der Waals surface area (Å²) in [6.45, 7) is 1.29. The first-order valence-electron chi connectivity index (χ1n) is 9.47. The predicted molar refractivity (Wildman–Crippen MR) is 101 cm³/mol. The van der Waals surface area contributed by atoms with Crippen LogP contribution in [0.3, 0.4) is 0 Å². The average Bonchev–Trinajstić information content (AvgIpc) is 3.13. The van der Waals surface area contributed by atoms with Gasteiger partial charge in [0, 0.05) is 44.2 Å². The van der Waals surface area contributed by atoms with E-state index in [0.717, 1.165) is 59.8 Å². The normalized spacial score (nSPS) is 17.4. The second-order valence-corrected chi connectivity index (χ2v) is 7.58. The molecule has 1 aromatic carbocycles. The molecular formula is C21H25N3O2. The lowest BCUT2D eigenvalue weighted by atomic mass is 9.93. The van der Waals surface area contributed by atoms with Crippen molar-refractivity contribution in [1.29, 1.82) is 0 Å². The van der Waals surface area contributed by atoms with Gasteiger partial charge in [0.15, 0.2) is 0 Å². The molecule has 1 aromatic heterocycles. The van der Waals surface area contributed by atoms with Gasteiger partial charge in [-0.15, -0.1) is 0 Å². The third kappa shape index (κ3) is 2.85. The summed E-state index contributed by atoms with van der Waals surface area (Å²) in [5, 5.41) is 0.963. The number of pyridine rings is 1. The molecule has 0 N–H and O–H groups in total. The number of rotatable bonds is 2. The van der Waals surface area contributed by atoms with Crippen LogP contribution < -0.4 is 0 Å². The van der Waals surface area contributed by atoms with Crippen LogP contribution in [0.5, 0.6) is 0 Å². The van der Waals surface area contributed by atoms with Gasteiger partial charge < -0.3 is 9.80 Å². The van der Waals surface area contributed by atoms with Crippen molar-refractivity contribution in [1.82, 2.24) is 14.8 Å². The second-order valence-electron chi connectivity index (χ2n) is 7.58. The first-order chi connectivity index (χ1) is 12.6. The van der Waals surface area contributed by atoms with Gasteiger partial charge in [-0.25, -0.2) is 0 Å². The summed E-state index contributed by atoms with van der Waals surface area (Å²) in [6, 6.07) is 7.95. The molecule has 0 radical (unpaired) electrons. The number of carbonyl (C=O) groups excluding carboxylic acids is 2. The largest absolute Gasteiger partial charge is 0.349 e. The number of piperidine rings is 1. The Morgan fingerprint density at radius 2 is 1.85 bits per heavy atom. The van der Waals surface area contributed by atoms with Crippen molar-refractivity contribution in [3.63, 3.8) is 0 Å². The highest BCUT2D eigenvalue weighted by molar-refractivity contribution is 6.08. The van der Waals surface area contributed by atoms with Crippen LogP contribution in [-0.4, -0.2) is 53.8 Å². The van der Waals surface area contributed by atoms with E-state index in [9.17, 15) is 9.59 Å². The number of nitrogens with zero attached hydrogens (tertiary/aromatic N) is 3. The zero-order chi connectivity index (χ0) is 18.3. The molecule has 4 rings (SSSR count). The molecule has 1 fully saturated rings. The van der Waals surface area contributed by atoms with Crippen LogP contribution in [0, 0.1) is 5.92 Å². The Hall–Kier alpha value is -2.43. The van der Waals surface area contributed by atoms with Crippen LogP contribution in [0.25, 0.3) is 10.9 Å². The number of carbonyl (C=O) groups is 2. The molecule has 5 heteroatoms. The summed E-state index contributed by atoms with van der Waals surface area (Å²) in [7, 11) is 3.60. The summed E-state index contributed by atoms with van der Waals surface area (Å²) in [5.41, 5.74) is 3.99. The topological polar surface area (TPSA) is 53.5 Å². The van der Waals surface area contributed by atoms with Gasteiger partial charge in [-0.3, -0.25) is 14.6 Å². The number of fused-ring (bicyclic) bond motifs is 2. The maximum absolute atomic E-state index is 13.4. The molecule has 1 aliphatic carbocycles. The highest BCUT2D eigenvalue weighted by Crippen LogP contribution is 2.32. The predicted octanol–water partition coefficient (Wildman–Crippen LogP) is 2.66. The number of likely N-dealkylation sites (tertiary alicyclic amines) is 1. The molecule has 1 saturated heterocycles. The number of aromatic nitrogens is 1. The van der Waals surface area contributed by atoms with E-state index >= 15 is 0 Å². The first-order valence-corrected chi connectivity index (χ1v) is 9.47. The molecular weight excluding hydrogens is 326 g/mol. The third-order valence-electron chi connectivity index (χ3n) is 5.71. The molecule has 0 atom stereocenters. The van der Waals surface area contributed by atoms with Crippen LogP contribution in [0.2, 0.25) is 0 Å². The van der Waals surface area contributed by atoms with Gasteiger partial charge in [-0.2, -0.15) is 0 Å². The summed E-state index contributed by atoms with van der Waals surface area (Å²) in [5.74, 6) is 0.318. The van der Waals surface area contributed by atoms with Crippen LogP contribution in [0.15, 0.2) is 24.3 Å². The number of hydrogen-bond acceptors (Lipinski definition) is 3. The minimum absolute atomic E-state index is 0.0361. The molecule has 0 unspecified atom stereocenters. The standard InChI is InChI=1S/C21H25N3O2/c1-23(2)20(25)14-10-12-24(13-11-14)21(26)19-15-6-3-4-8-17(15)22-18-9-5-7-16(18)19/h3-4,6,8,14H,5,7,9-13H2,1-2H3. The van der Waals surface area contributed by atoms with Crippen LogP contribution in [-0.2, 0) is 17.6 Å². The molecule has 2 aliphatic rings. The monoisotopic (exact) mass is 351 g/mol. The molecule has 1 aliphatic heterocycles. The minimum Gasteiger partial charge on any atom is -0.349 e. The number of aryl methyl sites for hydroxylation is 1. The smallest absolute Gasteiger partial charge is 0.254 e. The van der Waals surface area contributed by atoms with Crippen molar-refractivity contribution in [2.75, 3.05) is 27.2 Å². The lowest BCUT2D eigenvalue weighted by molar-refractivity contribution is -0.134. The summed E-state index contributed by atoms with van der Waals surface area (Å²) in [6.07, 6.45) is 4.45. The summed E-state index contributed by atoms with van der Waals surface area (Å²) >= 11 is 0. The van der Waals surface area contributed by atoms with Crippen molar-refractivity contribution in [3.8, 4) is 0 Å². The molecule has 0 spiro atoms. The summed E-state index contributed by atoms with van der Waals surface area (Å²) < 4.78 is 0. The molecule has 26 heavy (non-hydrogen) atoms. The van der Waals surface area contributed by atoms with Gasteiger partial charge >= 0.3 is 0 Å². The van der Waals surface area contributed by atoms with Crippen LogP contribution in [0.4, 0.5) is 0 Å². The number of hydrogen-bond donors (Lipinski definition) is 0. The van der Waals surface area contributed by atoms with Gasteiger partial charge in [-0.05, 0) is 43.7 Å². The average molecular weight is 351 g/mol. The minimum atomic E-state index is 0.0361. The maximum atomic E-state index is 13.4. The Morgan fingerprint density at radius 3 is 2.58 bits per heavy atom. The van der Waals surface area contributed by atoms with Crippen LogP contribution in [0.1, 0.15) is 40.9 Å². The third-order valence-corrected chi connectivity index (χ3v) is 5.71. The van der Waals surface area contributed by atoms with E-state index in [1.54, 1.807) is 19.0 Å². The maximum Gasteiger partial charge on any atom is 0.254 e. The van der Waals surface area contributed by atoms with E-state index in [1.165, 1.54) is 0 Å². The van der Waals surface area contributed by atoms with E-state index in [1.807, 2.05) is 29.2 Å². The Labute approximate surface area is 154 Å². The highest BCUT2D eigenvalue weighted by Gasteiger charge is 2.31. The number of benzene rings is 1. The van der Waals surface area contributed by atoms with E-state index in [-0.39, 0.29) is 17.7 Å². The molecule has 0 bridgehead atoms. The van der Waals surface area contributed by atoms with Gasteiger partial charge in [0.2, 0.25) is 5.91 Å². The first kappa shape index (κ1) is 17.0. The number of para-hydroxylation sites is 1. The van der Waals surface area contributed by atoms with Crippen molar-refractivity contribution in [3.05, 3.63) is 41.1 Å². The van der Waals surface area contributed by atoms with Crippen molar-refractivity contribution in [2.45, 2.75) is 32.1 Å². The van der Waals surface area contributed by atoms with Crippen molar-refractivity contribution >= 4 is 22.7 Å². The molecule has 2 heterocycles. The Morgan fingerprint density at radius 1 is 1.12 bits per heavy atom. The fourth-order valence-corrected chi connectivity index (χ4v) is 4.31. The molecule has 5 nitrogen and oxygen atoms in total. The number of amides is 2. The molecule has 2 aromatic rings. The van der Waals surface area contributed by atoms with Crippen LogP contribution >= 0.6 is 0 Å². The van der Waals surface area contributed by atoms with E-state index < -0.39 is 0 Å². The van der Waals surface area contributed by atoms with Gasteiger partial charge in [0.1, 0.15) is 0 Å². The Bertz CT molecular complexity index is 867. The fourth-order valence-electron chi connectivity index (χ4n) is 4.31. The molecule has 136 valence electrons. The van der Waals surface area contributed by atoms with E-state index in [2.05, 4.69) is 0 Å². The van der Waals surface area contributed by atoms with Gasteiger partial charge in [0.05, 0.1) is 11.1 Å². The Kier molecular flexibility index (Phi) is 4.39. The van der Waals surface area contributed by atoms with Gasteiger partial charge in [0.25, 0.3) is 5.91 Å². The molecule has 0 saturated carbocycles. The summed E-state index contributed by atoms with van der Waals surface area (Å²) in [4.78, 5) is 33.9. The van der Waals surface area contributed by atoms with Crippen molar-refractivity contribution < 1.29 is 9.59 Å². The quantitative estimate of drug-likeness (QED) is 0.836. The van der Waals surface area contributed by atoms with Gasteiger partial charge in [-0.1, -0.05) is 18.2 Å². The SMILES string of the molecule is CN(C)C(=O)C1CCN(C(=O)c2c3c(nc4ccccc24)CCC3)CC1.